The molecule has 0 fully saturated rings. The molecule has 0 saturated heterocycles. The van der Waals surface area contributed by atoms with Gasteiger partial charge in [0.05, 0.1) is 29.3 Å². The number of nitriles is 1. The van der Waals surface area contributed by atoms with Crippen molar-refractivity contribution in [2.45, 2.75) is 13.1 Å². The molecule has 0 saturated carbocycles. The number of urea groups is 1. The highest BCUT2D eigenvalue weighted by atomic mass is 16.4. The highest BCUT2D eigenvalue weighted by Gasteiger charge is 2.18. The Labute approximate surface area is 206 Å². The second kappa shape index (κ2) is 10.8. The summed E-state index contributed by atoms with van der Waals surface area (Å²) in [5.74, 6) is -1.35. The summed E-state index contributed by atoms with van der Waals surface area (Å²) in [5, 5.41) is 31.4. The van der Waals surface area contributed by atoms with Crippen LogP contribution in [0.3, 0.4) is 0 Å². The van der Waals surface area contributed by atoms with Crippen LogP contribution >= 0.6 is 0 Å². The predicted octanol–water partition coefficient (Wildman–Crippen LogP) is 3.36. The average Bonchev–Trinajstić information content (AvgIpc) is 3.26. The van der Waals surface area contributed by atoms with Crippen molar-refractivity contribution in [3.8, 4) is 6.07 Å². The van der Waals surface area contributed by atoms with Crippen molar-refractivity contribution < 1.29 is 19.5 Å². The number of anilines is 1. The Morgan fingerprint density at radius 2 is 1.67 bits per heavy atom. The number of aromatic carboxylic acids is 1. The highest BCUT2D eigenvalue weighted by molar-refractivity contribution is 6.05. The maximum absolute atomic E-state index is 13.1. The zero-order chi connectivity index (χ0) is 25.5. The van der Waals surface area contributed by atoms with E-state index in [-0.39, 0.29) is 31.1 Å². The normalized spacial score (nSPS) is 10.4. The van der Waals surface area contributed by atoms with Crippen LogP contribution in [0.5, 0.6) is 0 Å². The number of nitrogens with zero attached hydrogens (tertiary/aromatic N) is 3. The number of benzene rings is 3. The molecule has 0 atom stereocenters. The maximum Gasteiger partial charge on any atom is 0.335 e. The van der Waals surface area contributed by atoms with E-state index in [9.17, 15) is 14.4 Å². The average molecular weight is 483 g/mol. The summed E-state index contributed by atoms with van der Waals surface area (Å²) in [4.78, 5) is 36.4. The van der Waals surface area contributed by atoms with Gasteiger partial charge < -0.3 is 21.1 Å². The van der Waals surface area contributed by atoms with Gasteiger partial charge in [-0.15, -0.1) is 0 Å². The SMILES string of the molecule is N#Cc1ccc(NC(=O)NCCn2nc3ccccc3c2C(=O)NCc2ccc(C(=O)O)cc2)cc1. The first-order chi connectivity index (χ1) is 17.4. The molecule has 10 nitrogen and oxygen atoms in total. The Morgan fingerprint density at radius 3 is 2.36 bits per heavy atom. The van der Waals surface area contributed by atoms with Crippen LogP contribution in [-0.2, 0) is 13.1 Å². The first kappa shape index (κ1) is 24.0. The van der Waals surface area contributed by atoms with Crippen molar-refractivity contribution in [1.82, 2.24) is 20.4 Å². The number of rotatable bonds is 8. The number of hydrogen-bond acceptors (Lipinski definition) is 5. The van der Waals surface area contributed by atoms with Gasteiger partial charge in [0.15, 0.2) is 0 Å². The van der Waals surface area contributed by atoms with E-state index in [1.807, 2.05) is 18.2 Å². The number of carboxylic acids is 1. The molecule has 3 aromatic carbocycles. The molecule has 0 bridgehead atoms. The van der Waals surface area contributed by atoms with Gasteiger partial charge in [-0.2, -0.15) is 10.4 Å². The molecular formula is C26H22N6O4. The molecule has 0 unspecified atom stereocenters. The van der Waals surface area contributed by atoms with Crippen LogP contribution in [0.15, 0.2) is 72.8 Å². The molecule has 3 amide bonds. The quantitative estimate of drug-likeness (QED) is 0.303. The molecule has 0 aliphatic carbocycles. The fraction of sp³-hybridized carbons (Fsp3) is 0.115. The van der Waals surface area contributed by atoms with Crippen LogP contribution in [0.2, 0.25) is 0 Å². The van der Waals surface area contributed by atoms with E-state index in [0.717, 1.165) is 5.56 Å². The molecule has 4 rings (SSSR count). The Morgan fingerprint density at radius 1 is 0.944 bits per heavy atom. The number of carbonyl (C=O) groups is 3. The van der Waals surface area contributed by atoms with Gasteiger partial charge in [0, 0.05) is 24.2 Å². The third kappa shape index (κ3) is 5.66. The molecule has 0 spiro atoms. The third-order valence-electron chi connectivity index (χ3n) is 5.40. The smallest absolute Gasteiger partial charge is 0.335 e. The topological polar surface area (TPSA) is 149 Å². The Balaban J connectivity index is 1.40. The molecule has 180 valence electrons. The number of nitrogens with one attached hydrogen (secondary N) is 3. The van der Waals surface area contributed by atoms with Gasteiger partial charge in [0.1, 0.15) is 5.69 Å². The first-order valence-corrected chi connectivity index (χ1v) is 11.1. The molecule has 10 heteroatoms. The number of hydrogen-bond donors (Lipinski definition) is 4. The predicted molar refractivity (Wildman–Crippen MR) is 132 cm³/mol. The number of carboxylic acid groups (broad SMARTS) is 1. The van der Waals surface area contributed by atoms with Crippen molar-refractivity contribution >= 4 is 34.5 Å². The minimum atomic E-state index is -1.01. The lowest BCUT2D eigenvalue weighted by molar-refractivity contribution is 0.0696. The summed E-state index contributed by atoms with van der Waals surface area (Å²) < 4.78 is 1.55. The van der Waals surface area contributed by atoms with E-state index in [0.29, 0.717) is 27.8 Å². The van der Waals surface area contributed by atoms with Gasteiger partial charge in [0.2, 0.25) is 0 Å². The van der Waals surface area contributed by atoms with Crippen LogP contribution in [0.4, 0.5) is 10.5 Å². The van der Waals surface area contributed by atoms with Gasteiger partial charge >= 0.3 is 12.0 Å². The van der Waals surface area contributed by atoms with Gasteiger partial charge in [0.25, 0.3) is 5.91 Å². The lowest BCUT2D eigenvalue weighted by Crippen LogP contribution is -2.33. The van der Waals surface area contributed by atoms with E-state index in [4.69, 9.17) is 10.4 Å². The highest BCUT2D eigenvalue weighted by Crippen LogP contribution is 2.18. The number of amides is 3. The Hall–Kier alpha value is -5.17. The summed E-state index contributed by atoms with van der Waals surface area (Å²) in [7, 11) is 0. The van der Waals surface area contributed by atoms with Gasteiger partial charge in [-0.05, 0) is 48.0 Å². The minimum Gasteiger partial charge on any atom is -0.478 e. The molecule has 0 radical (unpaired) electrons. The van der Waals surface area contributed by atoms with Crippen LogP contribution in [0.1, 0.15) is 32.0 Å². The van der Waals surface area contributed by atoms with E-state index < -0.39 is 12.0 Å². The minimum absolute atomic E-state index is 0.171. The second-order valence-electron chi connectivity index (χ2n) is 7.84. The van der Waals surface area contributed by atoms with Gasteiger partial charge in [-0.3, -0.25) is 9.48 Å². The van der Waals surface area contributed by atoms with Crippen molar-refractivity contribution in [2.24, 2.45) is 0 Å². The van der Waals surface area contributed by atoms with Crippen LogP contribution in [-0.4, -0.2) is 39.3 Å². The Bertz CT molecular complexity index is 1450. The van der Waals surface area contributed by atoms with Crippen LogP contribution < -0.4 is 16.0 Å². The van der Waals surface area contributed by atoms with Crippen LogP contribution in [0, 0.1) is 11.3 Å². The largest absolute Gasteiger partial charge is 0.478 e. The second-order valence-corrected chi connectivity index (χ2v) is 7.84. The summed E-state index contributed by atoms with van der Waals surface area (Å²) in [6.45, 7) is 0.683. The number of fused-ring (bicyclic) bond motifs is 1. The molecule has 1 heterocycles. The fourth-order valence-corrected chi connectivity index (χ4v) is 3.59. The molecular weight excluding hydrogens is 460 g/mol. The van der Waals surface area contributed by atoms with Crippen LogP contribution in [0.25, 0.3) is 10.9 Å². The Kier molecular flexibility index (Phi) is 7.22. The van der Waals surface area contributed by atoms with E-state index >= 15 is 0 Å². The lowest BCUT2D eigenvalue weighted by atomic mass is 10.1. The fourth-order valence-electron chi connectivity index (χ4n) is 3.59. The zero-order valence-corrected chi connectivity index (χ0v) is 19.1. The number of aromatic nitrogens is 2. The number of carbonyl (C=O) groups excluding carboxylic acids is 2. The summed E-state index contributed by atoms with van der Waals surface area (Å²) in [6, 6.07) is 21.6. The van der Waals surface area contributed by atoms with Gasteiger partial charge in [-0.1, -0.05) is 30.3 Å². The standard InChI is InChI=1S/C26H22N6O4/c27-15-17-7-11-20(12-8-17)30-26(36)28-13-14-32-23(21-3-1-2-4-22(21)31-32)24(33)29-16-18-5-9-19(10-6-18)25(34)35/h1-12H,13-14,16H2,(H,29,33)(H,34,35)(H2,28,30,36). The molecule has 4 N–H and O–H groups in total. The van der Waals surface area contributed by atoms with Crippen molar-refractivity contribution in [2.75, 3.05) is 11.9 Å². The molecule has 0 aliphatic rings. The maximum atomic E-state index is 13.1. The molecule has 36 heavy (non-hydrogen) atoms. The summed E-state index contributed by atoms with van der Waals surface area (Å²) >= 11 is 0. The zero-order valence-electron chi connectivity index (χ0n) is 19.1. The van der Waals surface area contributed by atoms with Gasteiger partial charge in [-0.25, -0.2) is 9.59 Å². The molecule has 1 aromatic heterocycles. The van der Waals surface area contributed by atoms with E-state index in [2.05, 4.69) is 21.0 Å². The van der Waals surface area contributed by atoms with Crippen molar-refractivity contribution in [3.63, 3.8) is 0 Å². The van der Waals surface area contributed by atoms with Crippen molar-refractivity contribution in [3.05, 3.63) is 95.2 Å². The lowest BCUT2D eigenvalue weighted by Gasteiger charge is -2.11. The summed E-state index contributed by atoms with van der Waals surface area (Å²) in [5.41, 5.74) is 2.98. The van der Waals surface area contributed by atoms with E-state index in [1.165, 1.54) is 12.1 Å². The molecule has 0 aliphatic heterocycles. The third-order valence-corrected chi connectivity index (χ3v) is 5.40. The molecule has 4 aromatic rings. The van der Waals surface area contributed by atoms with Crippen molar-refractivity contribution in [1.29, 1.82) is 5.26 Å². The summed E-state index contributed by atoms with van der Waals surface area (Å²) in [6.07, 6.45) is 0. The monoisotopic (exact) mass is 482 g/mol. The van der Waals surface area contributed by atoms with E-state index in [1.54, 1.807) is 53.2 Å². The first-order valence-electron chi connectivity index (χ1n) is 11.1.